The molecule has 1 fully saturated rings. The summed E-state index contributed by atoms with van der Waals surface area (Å²) in [5.41, 5.74) is 1.36. The highest BCUT2D eigenvalue weighted by Gasteiger charge is 2.23. The van der Waals surface area contributed by atoms with E-state index < -0.39 is 6.10 Å². The lowest BCUT2D eigenvalue weighted by Gasteiger charge is -2.23. The summed E-state index contributed by atoms with van der Waals surface area (Å²) in [6, 6.07) is 5.05. The molecule has 1 aromatic rings. The van der Waals surface area contributed by atoms with Gasteiger partial charge in [-0.1, -0.05) is 13.0 Å². The molecule has 110 valence electrons. The van der Waals surface area contributed by atoms with Crippen molar-refractivity contribution in [1.82, 2.24) is 0 Å². The zero-order chi connectivity index (χ0) is 14.7. The molecule has 1 N–H and O–H groups in total. The molecule has 1 unspecified atom stereocenters. The number of rotatable bonds is 3. The molecule has 1 aliphatic heterocycles. The number of aliphatic hydroxyl groups excluding tert-OH is 1. The molecule has 1 aliphatic rings. The van der Waals surface area contributed by atoms with Crippen molar-refractivity contribution in [3.05, 3.63) is 33.9 Å². The van der Waals surface area contributed by atoms with Gasteiger partial charge in [-0.2, -0.15) is 0 Å². The van der Waals surface area contributed by atoms with Gasteiger partial charge in [-0.25, -0.2) is 0 Å². The monoisotopic (exact) mass is 278 g/mol. The van der Waals surface area contributed by atoms with Crippen molar-refractivity contribution in [3.8, 4) is 0 Å². The normalized spacial score (nSPS) is 21.4. The van der Waals surface area contributed by atoms with Crippen LogP contribution in [0.25, 0.3) is 0 Å². The Labute approximate surface area is 119 Å². The highest BCUT2D eigenvalue weighted by Crippen LogP contribution is 2.33. The lowest BCUT2D eigenvalue weighted by molar-refractivity contribution is -0.384. The third-order valence-electron chi connectivity index (χ3n) is 4.04. The molecular formula is C15H22N2O3. The molecule has 0 bridgehead atoms. The molecule has 0 aromatic heterocycles. The lowest BCUT2D eigenvalue weighted by atomic mass is 10.0. The van der Waals surface area contributed by atoms with Crippen LogP contribution in [0.15, 0.2) is 18.2 Å². The van der Waals surface area contributed by atoms with Crippen LogP contribution < -0.4 is 4.90 Å². The molecule has 0 amide bonds. The molecule has 1 heterocycles. The molecule has 0 radical (unpaired) electrons. The maximum Gasteiger partial charge on any atom is 0.292 e. The zero-order valence-electron chi connectivity index (χ0n) is 12.1. The summed E-state index contributed by atoms with van der Waals surface area (Å²) in [5, 5.41) is 20.9. The van der Waals surface area contributed by atoms with E-state index >= 15 is 0 Å². The van der Waals surface area contributed by atoms with Crippen molar-refractivity contribution in [2.75, 3.05) is 18.0 Å². The Bertz CT molecular complexity index is 488. The number of nitrogens with zero attached hydrogens (tertiary/aromatic N) is 2. The predicted octanol–water partition coefficient (Wildman–Crippen LogP) is 3.27. The van der Waals surface area contributed by atoms with Crippen molar-refractivity contribution < 1.29 is 10.0 Å². The Morgan fingerprint density at radius 3 is 2.80 bits per heavy atom. The van der Waals surface area contributed by atoms with Crippen LogP contribution in [-0.4, -0.2) is 23.1 Å². The molecule has 20 heavy (non-hydrogen) atoms. The van der Waals surface area contributed by atoms with Crippen LogP contribution in [0.5, 0.6) is 0 Å². The summed E-state index contributed by atoms with van der Waals surface area (Å²) in [4.78, 5) is 13.0. The minimum absolute atomic E-state index is 0.0953. The number of nitro benzene ring substituents is 1. The van der Waals surface area contributed by atoms with Gasteiger partial charge in [-0.05, 0) is 43.7 Å². The number of hydrogen-bond acceptors (Lipinski definition) is 4. The van der Waals surface area contributed by atoms with Gasteiger partial charge in [-0.15, -0.1) is 0 Å². The van der Waals surface area contributed by atoms with Crippen LogP contribution in [0.2, 0.25) is 0 Å². The van der Waals surface area contributed by atoms with Crippen LogP contribution in [0.3, 0.4) is 0 Å². The van der Waals surface area contributed by atoms with E-state index in [1.165, 1.54) is 12.5 Å². The first-order valence-corrected chi connectivity index (χ1v) is 7.20. The van der Waals surface area contributed by atoms with E-state index in [4.69, 9.17) is 0 Å². The molecule has 2 rings (SSSR count). The minimum atomic E-state index is -0.688. The Hall–Kier alpha value is -1.62. The Morgan fingerprint density at radius 2 is 2.15 bits per heavy atom. The fourth-order valence-electron chi connectivity index (χ4n) is 2.72. The first kappa shape index (κ1) is 14.8. The third-order valence-corrected chi connectivity index (χ3v) is 4.04. The maximum atomic E-state index is 11.3. The predicted molar refractivity (Wildman–Crippen MR) is 79.0 cm³/mol. The van der Waals surface area contributed by atoms with Gasteiger partial charge in [0.15, 0.2) is 0 Å². The van der Waals surface area contributed by atoms with Gasteiger partial charge in [-0.3, -0.25) is 10.1 Å². The molecule has 0 spiro atoms. The second-order valence-electron chi connectivity index (χ2n) is 5.70. The van der Waals surface area contributed by atoms with Gasteiger partial charge < -0.3 is 10.0 Å². The summed E-state index contributed by atoms with van der Waals surface area (Å²) >= 11 is 0. The van der Waals surface area contributed by atoms with Crippen LogP contribution in [0.4, 0.5) is 11.4 Å². The highest BCUT2D eigenvalue weighted by atomic mass is 16.6. The van der Waals surface area contributed by atoms with E-state index in [2.05, 4.69) is 11.8 Å². The SMILES string of the molecule is CC1CCCN(c2ccc([C@H](C)O)cc2[N+](=O)[O-])CC1. The fraction of sp³-hybridized carbons (Fsp3) is 0.600. The van der Waals surface area contributed by atoms with Crippen molar-refractivity contribution in [2.45, 2.75) is 39.2 Å². The smallest absolute Gasteiger partial charge is 0.292 e. The molecule has 5 heteroatoms. The average Bonchev–Trinajstić information content (AvgIpc) is 2.62. The molecule has 0 aliphatic carbocycles. The minimum Gasteiger partial charge on any atom is -0.389 e. The van der Waals surface area contributed by atoms with E-state index in [-0.39, 0.29) is 10.6 Å². The van der Waals surface area contributed by atoms with Gasteiger partial charge in [0, 0.05) is 19.2 Å². The summed E-state index contributed by atoms with van der Waals surface area (Å²) in [6.07, 6.45) is 2.62. The topological polar surface area (TPSA) is 66.6 Å². The summed E-state index contributed by atoms with van der Waals surface area (Å²) in [7, 11) is 0. The Morgan fingerprint density at radius 1 is 1.40 bits per heavy atom. The van der Waals surface area contributed by atoms with E-state index in [1.807, 2.05) is 0 Å². The van der Waals surface area contributed by atoms with E-state index in [1.54, 1.807) is 19.1 Å². The first-order chi connectivity index (χ1) is 9.49. The molecule has 2 atom stereocenters. The van der Waals surface area contributed by atoms with E-state index in [0.29, 0.717) is 17.2 Å². The largest absolute Gasteiger partial charge is 0.389 e. The average molecular weight is 278 g/mol. The standard InChI is InChI=1S/C15H22N2O3/c1-11-4-3-8-16(9-7-11)14-6-5-13(12(2)18)10-15(14)17(19)20/h5-6,10-12,18H,3-4,7-9H2,1-2H3/t11?,12-/m0/s1. The number of hydrogen-bond donors (Lipinski definition) is 1. The molecule has 5 nitrogen and oxygen atoms in total. The summed E-state index contributed by atoms with van der Waals surface area (Å²) in [6.45, 7) is 5.57. The molecule has 1 aromatic carbocycles. The zero-order valence-corrected chi connectivity index (χ0v) is 12.1. The highest BCUT2D eigenvalue weighted by molar-refractivity contribution is 5.64. The van der Waals surface area contributed by atoms with Crippen molar-refractivity contribution in [3.63, 3.8) is 0 Å². The summed E-state index contributed by atoms with van der Waals surface area (Å²) < 4.78 is 0. The quantitative estimate of drug-likeness (QED) is 0.680. The number of anilines is 1. The van der Waals surface area contributed by atoms with Crippen LogP contribution in [0.1, 0.15) is 44.8 Å². The second kappa shape index (κ2) is 6.22. The Kier molecular flexibility index (Phi) is 4.60. The fourth-order valence-corrected chi connectivity index (χ4v) is 2.72. The van der Waals surface area contributed by atoms with E-state index in [9.17, 15) is 15.2 Å². The number of aliphatic hydroxyl groups is 1. The molecule has 1 saturated heterocycles. The molecule has 0 saturated carbocycles. The first-order valence-electron chi connectivity index (χ1n) is 7.20. The van der Waals surface area contributed by atoms with Crippen molar-refractivity contribution in [2.24, 2.45) is 5.92 Å². The van der Waals surface area contributed by atoms with Crippen LogP contribution in [-0.2, 0) is 0 Å². The summed E-state index contributed by atoms with van der Waals surface area (Å²) in [5.74, 6) is 0.677. The van der Waals surface area contributed by atoms with E-state index in [0.717, 1.165) is 25.9 Å². The van der Waals surface area contributed by atoms with Gasteiger partial charge in [0.05, 0.1) is 11.0 Å². The van der Waals surface area contributed by atoms with Crippen LogP contribution in [0, 0.1) is 16.0 Å². The van der Waals surface area contributed by atoms with Gasteiger partial charge in [0.25, 0.3) is 5.69 Å². The Balaban J connectivity index is 2.32. The van der Waals surface area contributed by atoms with Crippen molar-refractivity contribution in [1.29, 1.82) is 0 Å². The van der Waals surface area contributed by atoms with Crippen LogP contribution >= 0.6 is 0 Å². The van der Waals surface area contributed by atoms with Gasteiger partial charge in [0.2, 0.25) is 0 Å². The van der Waals surface area contributed by atoms with Gasteiger partial charge in [0.1, 0.15) is 5.69 Å². The third kappa shape index (κ3) is 3.28. The van der Waals surface area contributed by atoms with Gasteiger partial charge >= 0.3 is 0 Å². The maximum absolute atomic E-state index is 11.3. The second-order valence-corrected chi connectivity index (χ2v) is 5.70. The molecular weight excluding hydrogens is 256 g/mol. The van der Waals surface area contributed by atoms with Crippen molar-refractivity contribution >= 4 is 11.4 Å². The number of benzene rings is 1. The lowest BCUT2D eigenvalue weighted by Crippen LogP contribution is -2.25. The number of nitro groups is 1.